The zero-order valence-electron chi connectivity index (χ0n) is 15.5. The van der Waals surface area contributed by atoms with Crippen LogP contribution in [0.1, 0.15) is 40.7 Å². The van der Waals surface area contributed by atoms with Crippen LogP contribution in [0.3, 0.4) is 0 Å². The van der Waals surface area contributed by atoms with Crippen molar-refractivity contribution < 1.29 is 9.21 Å². The molecule has 0 aliphatic carbocycles. The molecule has 6 heteroatoms. The number of fused-ring (bicyclic) bond motifs is 2. The van der Waals surface area contributed by atoms with Crippen molar-refractivity contribution in [2.45, 2.75) is 25.7 Å². The second-order valence-corrected chi connectivity index (χ2v) is 7.79. The zero-order valence-corrected chi connectivity index (χ0v) is 16.3. The maximum Gasteiger partial charge on any atom is 0.289 e. The third-order valence-electron chi connectivity index (χ3n) is 5.69. The minimum Gasteiger partial charge on any atom is -0.449 e. The Morgan fingerprint density at radius 2 is 1.96 bits per heavy atom. The third-order valence-corrected chi connectivity index (χ3v) is 5.98. The van der Waals surface area contributed by atoms with Crippen LogP contribution in [0.15, 0.2) is 46.9 Å². The van der Waals surface area contributed by atoms with E-state index in [0.29, 0.717) is 35.4 Å². The van der Waals surface area contributed by atoms with Gasteiger partial charge in [-0.05, 0) is 38.0 Å². The highest BCUT2D eigenvalue weighted by molar-refractivity contribution is 6.35. The van der Waals surface area contributed by atoms with Crippen LogP contribution >= 0.6 is 11.6 Å². The Labute approximate surface area is 167 Å². The number of amides is 1. The number of likely N-dealkylation sites (tertiary alicyclic amines) is 1. The van der Waals surface area contributed by atoms with E-state index in [1.165, 1.54) is 0 Å². The van der Waals surface area contributed by atoms with E-state index in [0.717, 1.165) is 40.6 Å². The first-order chi connectivity index (χ1) is 13.6. The van der Waals surface area contributed by atoms with E-state index in [2.05, 4.69) is 4.98 Å². The summed E-state index contributed by atoms with van der Waals surface area (Å²) in [5, 5.41) is 1.43. The Balaban J connectivity index is 1.34. The molecule has 0 atom stereocenters. The van der Waals surface area contributed by atoms with E-state index in [-0.39, 0.29) is 5.91 Å². The van der Waals surface area contributed by atoms with Crippen molar-refractivity contribution in [1.82, 2.24) is 14.9 Å². The number of nitrogens with zero attached hydrogens (tertiary/aromatic N) is 2. The molecule has 2 aromatic heterocycles. The fraction of sp³-hybridized carbons (Fsp3) is 0.273. The third kappa shape index (κ3) is 2.78. The molecule has 0 spiro atoms. The van der Waals surface area contributed by atoms with Crippen LogP contribution in [0.25, 0.3) is 22.0 Å². The van der Waals surface area contributed by atoms with Crippen molar-refractivity contribution in [3.8, 4) is 0 Å². The number of hydrogen-bond acceptors (Lipinski definition) is 3. The van der Waals surface area contributed by atoms with E-state index < -0.39 is 0 Å². The molecule has 5 rings (SSSR count). The van der Waals surface area contributed by atoms with Gasteiger partial charge in [-0.1, -0.05) is 35.9 Å². The number of para-hydroxylation sites is 3. The summed E-state index contributed by atoms with van der Waals surface area (Å²) >= 11 is 6.22. The molecule has 1 aliphatic rings. The van der Waals surface area contributed by atoms with Gasteiger partial charge in [0.1, 0.15) is 5.82 Å². The number of imidazole rings is 1. The van der Waals surface area contributed by atoms with Crippen molar-refractivity contribution in [3.63, 3.8) is 0 Å². The number of aryl methyl sites for hydroxylation is 1. The van der Waals surface area contributed by atoms with Gasteiger partial charge in [0.2, 0.25) is 0 Å². The molecule has 5 nitrogen and oxygen atoms in total. The molecule has 28 heavy (non-hydrogen) atoms. The fourth-order valence-corrected chi connectivity index (χ4v) is 4.29. The highest BCUT2D eigenvalue weighted by atomic mass is 35.5. The number of carbonyl (C=O) groups excluding carboxylic acids is 1. The summed E-state index contributed by atoms with van der Waals surface area (Å²) in [6.07, 6.45) is 1.76. The molecule has 1 N–H and O–H groups in total. The number of carbonyl (C=O) groups is 1. The Morgan fingerprint density at radius 1 is 1.18 bits per heavy atom. The van der Waals surface area contributed by atoms with Crippen LogP contribution < -0.4 is 0 Å². The quantitative estimate of drug-likeness (QED) is 0.503. The zero-order chi connectivity index (χ0) is 19.3. The molecular formula is C22H20ClN3O2. The average molecular weight is 394 g/mol. The van der Waals surface area contributed by atoms with Crippen LogP contribution in [0, 0.1) is 6.92 Å². The molecule has 0 radical (unpaired) electrons. The normalized spacial score (nSPS) is 15.6. The van der Waals surface area contributed by atoms with E-state index in [9.17, 15) is 4.79 Å². The lowest BCUT2D eigenvalue weighted by atomic mass is 9.96. The van der Waals surface area contributed by atoms with Gasteiger partial charge in [0.25, 0.3) is 5.91 Å². The summed E-state index contributed by atoms with van der Waals surface area (Å²) in [4.78, 5) is 23.1. The number of halogens is 1. The van der Waals surface area contributed by atoms with Crippen LogP contribution in [0.5, 0.6) is 0 Å². The Bertz CT molecular complexity index is 1150. The summed E-state index contributed by atoms with van der Waals surface area (Å²) in [5.74, 6) is 1.68. The summed E-state index contributed by atoms with van der Waals surface area (Å²) in [7, 11) is 0. The van der Waals surface area contributed by atoms with Crippen LogP contribution in [0.4, 0.5) is 0 Å². The maximum absolute atomic E-state index is 13.1. The van der Waals surface area contributed by atoms with Crippen molar-refractivity contribution in [2.24, 2.45) is 0 Å². The van der Waals surface area contributed by atoms with E-state index in [4.69, 9.17) is 21.0 Å². The van der Waals surface area contributed by atoms with Crippen LogP contribution in [-0.4, -0.2) is 33.9 Å². The van der Waals surface area contributed by atoms with E-state index in [1.54, 1.807) is 6.07 Å². The Kier molecular flexibility index (Phi) is 4.13. The average Bonchev–Trinajstić information content (AvgIpc) is 3.30. The van der Waals surface area contributed by atoms with Gasteiger partial charge >= 0.3 is 0 Å². The lowest BCUT2D eigenvalue weighted by Gasteiger charge is -2.30. The first-order valence-electron chi connectivity index (χ1n) is 9.53. The summed E-state index contributed by atoms with van der Waals surface area (Å²) in [5.41, 5.74) is 3.49. The monoisotopic (exact) mass is 393 g/mol. The molecule has 1 aliphatic heterocycles. The smallest absolute Gasteiger partial charge is 0.289 e. The predicted molar refractivity (Wildman–Crippen MR) is 110 cm³/mol. The van der Waals surface area contributed by atoms with Crippen LogP contribution in [0.2, 0.25) is 5.02 Å². The minimum absolute atomic E-state index is 0.0622. The SMILES string of the molecule is Cc1c(C(=O)N2CCC(c3nc4ccccc4[nH]3)CC2)oc2c(Cl)cccc12. The molecule has 1 saturated heterocycles. The number of hydrogen-bond donors (Lipinski definition) is 1. The second-order valence-electron chi connectivity index (χ2n) is 7.38. The molecule has 0 bridgehead atoms. The molecular weight excluding hydrogens is 374 g/mol. The largest absolute Gasteiger partial charge is 0.449 e. The number of H-pyrrole nitrogens is 1. The fourth-order valence-electron chi connectivity index (χ4n) is 4.08. The Hall–Kier alpha value is -2.79. The first kappa shape index (κ1) is 17.3. The van der Waals surface area contributed by atoms with E-state index >= 15 is 0 Å². The number of aromatic nitrogens is 2. The number of piperidine rings is 1. The van der Waals surface area contributed by atoms with Crippen molar-refractivity contribution in [1.29, 1.82) is 0 Å². The first-order valence-corrected chi connectivity index (χ1v) is 9.91. The molecule has 3 heterocycles. The number of rotatable bonds is 2. The van der Waals surface area contributed by atoms with Crippen molar-refractivity contribution in [3.05, 3.63) is 64.6 Å². The Morgan fingerprint density at radius 3 is 2.71 bits per heavy atom. The molecule has 0 unspecified atom stereocenters. The van der Waals surface area contributed by atoms with E-state index in [1.807, 2.05) is 48.2 Å². The molecule has 142 valence electrons. The van der Waals surface area contributed by atoms with Crippen LogP contribution in [-0.2, 0) is 0 Å². The number of aromatic amines is 1. The lowest BCUT2D eigenvalue weighted by molar-refractivity contribution is 0.0680. The van der Waals surface area contributed by atoms with Crippen molar-refractivity contribution >= 4 is 39.5 Å². The maximum atomic E-state index is 13.1. The van der Waals surface area contributed by atoms with Gasteiger partial charge in [0.05, 0.1) is 16.1 Å². The van der Waals surface area contributed by atoms with Gasteiger partial charge in [0, 0.05) is 30.0 Å². The van der Waals surface area contributed by atoms with Gasteiger partial charge in [-0.25, -0.2) is 4.98 Å². The lowest BCUT2D eigenvalue weighted by Crippen LogP contribution is -2.38. The molecule has 1 amide bonds. The molecule has 1 fully saturated rings. The van der Waals surface area contributed by atoms with Gasteiger partial charge < -0.3 is 14.3 Å². The minimum atomic E-state index is -0.0622. The number of furan rings is 1. The predicted octanol–water partition coefficient (Wildman–Crippen LogP) is 5.29. The molecule has 2 aromatic carbocycles. The number of benzene rings is 2. The topological polar surface area (TPSA) is 62.1 Å². The van der Waals surface area contributed by atoms with Gasteiger partial charge in [0.15, 0.2) is 11.3 Å². The second kappa shape index (κ2) is 6.67. The van der Waals surface area contributed by atoms with Crippen molar-refractivity contribution in [2.75, 3.05) is 13.1 Å². The van der Waals surface area contributed by atoms with Gasteiger partial charge in [-0.3, -0.25) is 4.79 Å². The summed E-state index contributed by atoms with van der Waals surface area (Å²) in [6, 6.07) is 13.7. The summed E-state index contributed by atoms with van der Waals surface area (Å²) < 4.78 is 5.85. The van der Waals surface area contributed by atoms with Gasteiger partial charge in [-0.2, -0.15) is 0 Å². The molecule has 0 saturated carbocycles. The number of nitrogens with one attached hydrogen (secondary N) is 1. The summed E-state index contributed by atoms with van der Waals surface area (Å²) in [6.45, 7) is 3.28. The standard InChI is InChI=1S/C22H20ClN3O2/c1-13-15-5-4-6-16(23)20(15)28-19(13)22(27)26-11-9-14(10-12-26)21-24-17-7-2-3-8-18(17)25-21/h2-8,14H,9-12H2,1H3,(H,24,25). The highest BCUT2D eigenvalue weighted by Gasteiger charge is 2.29. The highest BCUT2D eigenvalue weighted by Crippen LogP contribution is 2.33. The van der Waals surface area contributed by atoms with Gasteiger partial charge in [-0.15, -0.1) is 0 Å². The molecule has 4 aromatic rings.